The molecule has 0 bridgehead atoms. The molecule has 0 spiro atoms. The highest BCUT2D eigenvalue weighted by atomic mass is 16.3. The van der Waals surface area contributed by atoms with E-state index in [-0.39, 0.29) is 11.9 Å². The van der Waals surface area contributed by atoms with Crippen LogP contribution in [0, 0.1) is 12.8 Å². The summed E-state index contributed by atoms with van der Waals surface area (Å²) in [5, 5.41) is 13.5. The zero-order valence-electron chi connectivity index (χ0n) is 10.5. The van der Waals surface area contributed by atoms with Crippen molar-refractivity contribution in [2.24, 2.45) is 5.92 Å². The molecule has 1 aliphatic rings. The lowest BCUT2D eigenvalue weighted by molar-refractivity contribution is -0.137. The maximum absolute atomic E-state index is 11.1. The molecule has 0 saturated heterocycles. The van der Waals surface area contributed by atoms with Crippen molar-refractivity contribution in [2.75, 3.05) is 0 Å². The average Bonchev–Trinajstić information content (AvgIpc) is 2.27. The summed E-state index contributed by atoms with van der Waals surface area (Å²) in [5.41, 5.74) is 1.15. The normalized spacial score (nSPS) is 31.8. The van der Waals surface area contributed by atoms with Crippen LogP contribution in [-0.2, 0) is 10.4 Å². The summed E-state index contributed by atoms with van der Waals surface area (Å²) in [4.78, 5) is 11.1. The number of aryl methyl sites for hydroxylation is 1. The predicted molar refractivity (Wildman–Crippen MR) is 66.5 cm³/mol. The largest absolute Gasteiger partial charge is 0.383 e. The number of hydrogen-bond donors (Lipinski definition) is 2. The van der Waals surface area contributed by atoms with Crippen LogP contribution in [0.4, 0.5) is 0 Å². The van der Waals surface area contributed by atoms with E-state index in [2.05, 4.69) is 5.32 Å². The van der Waals surface area contributed by atoms with Crippen molar-refractivity contribution >= 4 is 5.91 Å². The maximum atomic E-state index is 11.1. The molecule has 3 nitrogen and oxygen atoms in total. The summed E-state index contributed by atoms with van der Waals surface area (Å²) in [6.07, 6.45) is 0.695. The average molecular weight is 233 g/mol. The van der Waals surface area contributed by atoms with Crippen LogP contribution in [0.5, 0.6) is 0 Å². The van der Waals surface area contributed by atoms with E-state index in [0.29, 0.717) is 12.3 Å². The molecule has 0 aromatic heterocycles. The Hall–Kier alpha value is -1.35. The van der Waals surface area contributed by atoms with E-state index < -0.39 is 5.60 Å². The monoisotopic (exact) mass is 233 g/mol. The van der Waals surface area contributed by atoms with Crippen molar-refractivity contribution in [2.45, 2.75) is 38.8 Å². The smallest absolute Gasteiger partial charge is 0.217 e. The number of carbonyl (C=O) groups is 1. The number of amides is 1. The Balaban J connectivity index is 2.24. The van der Waals surface area contributed by atoms with Gasteiger partial charge >= 0.3 is 0 Å². The molecule has 0 aliphatic heterocycles. The number of carbonyl (C=O) groups excluding carboxylic acids is 1. The summed E-state index contributed by atoms with van der Waals surface area (Å²) in [7, 11) is 0. The lowest BCUT2D eigenvalue weighted by Gasteiger charge is -2.51. The second-order valence-electron chi connectivity index (χ2n) is 5.15. The van der Waals surface area contributed by atoms with Crippen LogP contribution in [-0.4, -0.2) is 17.1 Å². The number of nitrogens with one attached hydrogen (secondary N) is 1. The molecule has 1 aromatic rings. The van der Waals surface area contributed by atoms with Crippen LogP contribution in [0.25, 0.3) is 0 Å². The molecule has 3 unspecified atom stereocenters. The Morgan fingerprint density at radius 1 is 1.41 bits per heavy atom. The molecule has 2 rings (SSSR count). The topological polar surface area (TPSA) is 49.3 Å². The zero-order valence-corrected chi connectivity index (χ0v) is 10.5. The fraction of sp³-hybridized carbons (Fsp3) is 0.500. The van der Waals surface area contributed by atoms with Gasteiger partial charge in [-0.3, -0.25) is 4.79 Å². The van der Waals surface area contributed by atoms with Gasteiger partial charge < -0.3 is 10.4 Å². The maximum Gasteiger partial charge on any atom is 0.217 e. The lowest BCUT2D eigenvalue weighted by Crippen LogP contribution is -2.62. The summed E-state index contributed by atoms with van der Waals surface area (Å²) in [5.74, 6) is 0.220. The highest BCUT2D eigenvalue weighted by Gasteiger charge is 2.52. The van der Waals surface area contributed by atoms with Crippen LogP contribution in [0.3, 0.4) is 0 Å². The minimum absolute atomic E-state index is 0.0907. The van der Waals surface area contributed by atoms with Crippen molar-refractivity contribution in [3.05, 3.63) is 35.4 Å². The van der Waals surface area contributed by atoms with Gasteiger partial charge in [-0.1, -0.05) is 36.8 Å². The third-order valence-corrected chi connectivity index (χ3v) is 3.63. The van der Waals surface area contributed by atoms with Gasteiger partial charge in [-0.15, -0.1) is 0 Å². The predicted octanol–water partition coefficient (Wildman–Crippen LogP) is 1.73. The summed E-state index contributed by atoms with van der Waals surface area (Å²) >= 11 is 0. The number of hydrogen-bond acceptors (Lipinski definition) is 2. The second kappa shape index (κ2) is 4.15. The van der Waals surface area contributed by atoms with E-state index in [1.54, 1.807) is 0 Å². The Bertz CT molecular complexity index is 426. The van der Waals surface area contributed by atoms with Crippen molar-refractivity contribution < 1.29 is 9.90 Å². The molecule has 1 fully saturated rings. The van der Waals surface area contributed by atoms with Crippen molar-refractivity contribution in [1.82, 2.24) is 5.32 Å². The first-order chi connectivity index (χ1) is 7.93. The van der Waals surface area contributed by atoms with E-state index in [9.17, 15) is 9.90 Å². The van der Waals surface area contributed by atoms with Crippen LogP contribution < -0.4 is 5.32 Å². The Morgan fingerprint density at radius 3 is 2.47 bits per heavy atom. The lowest BCUT2D eigenvalue weighted by atomic mass is 9.63. The van der Waals surface area contributed by atoms with E-state index >= 15 is 0 Å². The Labute approximate surface area is 102 Å². The van der Waals surface area contributed by atoms with E-state index in [1.807, 2.05) is 38.1 Å². The fourth-order valence-electron chi connectivity index (χ4n) is 2.67. The van der Waals surface area contributed by atoms with E-state index in [1.165, 1.54) is 12.5 Å². The number of benzene rings is 1. The molecule has 1 aliphatic carbocycles. The first-order valence-electron chi connectivity index (χ1n) is 6.00. The summed E-state index contributed by atoms with van der Waals surface area (Å²) in [6, 6.07) is 7.68. The van der Waals surface area contributed by atoms with Gasteiger partial charge in [-0.2, -0.15) is 0 Å². The first kappa shape index (κ1) is 12.1. The quantitative estimate of drug-likeness (QED) is 0.817. The van der Waals surface area contributed by atoms with Gasteiger partial charge in [0.05, 0.1) is 6.04 Å². The molecule has 0 heterocycles. The third-order valence-electron chi connectivity index (χ3n) is 3.63. The van der Waals surface area contributed by atoms with Gasteiger partial charge in [0.2, 0.25) is 5.91 Å². The molecule has 1 amide bonds. The van der Waals surface area contributed by atoms with Crippen molar-refractivity contribution in [1.29, 1.82) is 0 Å². The van der Waals surface area contributed by atoms with Gasteiger partial charge in [0.1, 0.15) is 5.60 Å². The molecule has 17 heavy (non-hydrogen) atoms. The number of aliphatic hydroxyl groups is 1. The molecule has 0 radical (unpaired) electrons. The molecule has 3 heteroatoms. The van der Waals surface area contributed by atoms with Gasteiger partial charge in [0, 0.05) is 6.92 Å². The molecule has 3 atom stereocenters. The molecule has 2 N–H and O–H groups in total. The number of rotatable bonds is 2. The Morgan fingerprint density at radius 2 is 2.00 bits per heavy atom. The standard InChI is InChI=1S/C14H19NO2/c1-9-4-6-12(7-5-9)14(17)8-10(2)13(14)15-11(3)16/h4-7,10,13,17H,8H2,1-3H3,(H,15,16). The van der Waals surface area contributed by atoms with Crippen LogP contribution >= 0.6 is 0 Å². The van der Waals surface area contributed by atoms with E-state index in [4.69, 9.17) is 0 Å². The Kier molecular flexibility index (Phi) is 2.96. The van der Waals surface area contributed by atoms with Crippen molar-refractivity contribution in [3.63, 3.8) is 0 Å². The first-order valence-corrected chi connectivity index (χ1v) is 6.00. The SMILES string of the molecule is CC(=O)NC1C(C)CC1(O)c1ccc(C)cc1. The fourth-order valence-corrected chi connectivity index (χ4v) is 2.67. The molecular weight excluding hydrogens is 214 g/mol. The van der Waals surface area contributed by atoms with Gasteiger partial charge in [0.25, 0.3) is 0 Å². The van der Waals surface area contributed by atoms with Crippen LogP contribution in [0.15, 0.2) is 24.3 Å². The molecule has 1 saturated carbocycles. The van der Waals surface area contributed by atoms with Crippen LogP contribution in [0.1, 0.15) is 31.4 Å². The minimum atomic E-state index is -0.904. The second-order valence-corrected chi connectivity index (χ2v) is 5.15. The zero-order chi connectivity index (χ0) is 12.6. The molecule has 1 aromatic carbocycles. The summed E-state index contributed by atoms with van der Waals surface area (Å²) < 4.78 is 0. The van der Waals surface area contributed by atoms with Gasteiger partial charge in [-0.05, 0) is 24.8 Å². The minimum Gasteiger partial charge on any atom is -0.383 e. The van der Waals surface area contributed by atoms with Gasteiger partial charge in [0.15, 0.2) is 0 Å². The van der Waals surface area contributed by atoms with E-state index in [0.717, 1.165) is 5.56 Å². The van der Waals surface area contributed by atoms with Crippen LogP contribution in [0.2, 0.25) is 0 Å². The van der Waals surface area contributed by atoms with Crippen molar-refractivity contribution in [3.8, 4) is 0 Å². The molecular formula is C14H19NO2. The highest BCUT2D eigenvalue weighted by Crippen LogP contribution is 2.45. The molecule has 92 valence electrons. The summed E-state index contributed by atoms with van der Waals surface area (Å²) in [6.45, 7) is 5.55. The highest BCUT2D eigenvalue weighted by molar-refractivity contribution is 5.73. The third kappa shape index (κ3) is 2.07. The van der Waals surface area contributed by atoms with Gasteiger partial charge in [-0.25, -0.2) is 0 Å².